The van der Waals surface area contributed by atoms with Crippen LogP contribution in [-0.4, -0.2) is 36.6 Å². The quantitative estimate of drug-likeness (QED) is 0.347. The van der Waals surface area contributed by atoms with Gasteiger partial charge in [-0.2, -0.15) is 13.2 Å². The van der Waals surface area contributed by atoms with Crippen LogP contribution >= 0.6 is 11.8 Å². The van der Waals surface area contributed by atoms with Crippen LogP contribution in [0.3, 0.4) is 0 Å². The minimum atomic E-state index is -4.36. The van der Waals surface area contributed by atoms with E-state index < -0.39 is 17.8 Å². The maximum absolute atomic E-state index is 12.8. The molecule has 0 unspecified atom stereocenters. The highest BCUT2D eigenvalue weighted by Crippen LogP contribution is 2.27. The zero-order chi connectivity index (χ0) is 19.0. The summed E-state index contributed by atoms with van der Waals surface area (Å²) in [5, 5.41) is 14.8. The normalized spacial score (nSPS) is 12.8. The molecule has 1 atom stereocenters. The number of thioether (sulfide) groups is 1. The number of hydrogen-bond acceptors (Lipinski definition) is 3. The molecule has 9 heteroatoms. The van der Waals surface area contributed by atoms with Gasteiger partial charge in [0.25, 0.3) is 5.82 Å². The lowest BCUT2D eigenvalue weighted by Gasteiger charge is -2.09. The summed E-state index contributed by atoms with van der Waals surface area (Å²) in [6.07, 6.45) is -3.95. The number of aromatic nitrogens is 1. The molecule has 0 amide bonds. The number of H-pyrrole nitrogens is 1. The van der Waals surface area contributed by atoms with Crippen molar-refractivity contribution < 1.29 is 33.0 Å². The predicted molar refractivity (Wildman–Crippen MR) is 91.3 cm³/mol. The van der Waals surface area contributed by atoms with Crippen molar-refractivity contribution in [1.82, 2.24) is 0 Å². The number of aromatic amines is 1. The minimum Gasteiger partial charge on any atom is -0.386 e. The average molecular weight is 391 g/mol. The number of nitrogens with two attached hydrogens (primary N) is 1. The van der Waals surface area contributed by atoms with Crippen molar-refractivity contribution in [2.24, 2.45) is 0 Å². The summed E-state index contributed by atoms with van der Waals surface area (Å²) in [5.74, 6) is 0.710. The molecular formula is C17H21F4N3OS+2. The Kier molecular flexibility index (Phi) is 7.67. The first-order valence-corrected chi connectivity index (χ1v) is 9.04. The maximum Gasteiger partial charge on any atom is 0.419 e. The fourth-order valence-electron chi connectivity index (χ4n) is 2.12. The highest BCUT2D eigenvalue weighted by atomic mass is 32.2. The Hall–Kier alpha value is -1.84. The molecule has 0 saturated heterocycles. The SMILES string of the molecule is O[C@@H](C[NH2+]CCNc1ccc(C(F)(F)F)c[nH+]1)CSc1ccc(F)cc1. The van der Waals surface area contributed by atoms with E-state index in [2.05, 4.69) is 10.3 Å². The van der Waals surface area contributed by atoms with Crippen molar-refractivity contribution >= 4 is 17.6 Å². The Balaban J connectivity index is 1.59. The molecule has 142 valence electrons. The standard InChI is InChI=1S/C17H19F4N3OS/c18-13-2-4-15(5-3-13)26-11-14(25)10-22-7-8-23-16-6-1-12(9-24-16)17(19,20)21/h1-6,9,14,22,25H,7-8,10-11H2,(H,23,24)/p+2/t14-/m0/s1. The van der Waals surface area contributed by atoms with E-state index in [1.165, 1.54) is 30.0 Å². The third-order valence-electron chi connectivity index (χ3n) is 3.50. The minimum absolute atomic E-state index is 0.291. The number of hydrogen-bond donors (Lipinski definition) is 3. The highest BCUT2D eigenvalue weighted by Gasteiger charge is 2.31. The van der Waals surface area contributed by atoms with Crippen LogP contribution in [0.1, 0.15) is 5.56 Å². The summed E-state index contributed by atoms with van der Waals surface area (Å²) >= 11 is 1.45. The van der Waals surface area contributed by atoms with Crippen LogP contribution in [0.25, 0.3) is 0 Å². The number of aliphatic hydroxyl groups is 1. The smallest absolute Gasteiger partial charge is 0.386 e. The first-order chi connectivity index (χ1) is 12.3. The Morgan fingerprint density at radius 3 is 2.50 bits per heavy atom. The molecule has 0 aliphatic heterocycles. The van der Waals surface area contributed by atoms with Crippen LogP contribution in [0.2, 0.25) is 0 Å². The van der Waals surface area contributed by atoms with Gasteiger partial charge in [0.2, 0.25) is 0 Å². The molecule has 1 aromatic heterocycles. The number of halogens is 4. The van der Waals surface area contributed by atoms with Crippen LogP contribution in [0.4, 0.5) is 23.4 Å². The molecule has 2 rings (SSSR count). The number of nitrogens with one attached hydrogen (secondary N) is 2. The number of quaternary nitrogens is 1. The monoisotopic (exact) mass is 391 g/mol. The molecule has 5 N–H and O–H groups in total. The zero-order valence-corrected chi connectivity index (χ0v) is 14.7. The summed E-state index contributed by atoms with van der Waals surface area (Å²) in [6.45, 7) is 1.71. The van der Waals surface area contributed by atoms with Gasteiger partial charge in [-0.25, -0.2) is 9.37 Å². The van der Waals surface area contributed by atoms with Crippen molar-refractivity contribution in [3.05, 3.63) is 54.0 Å². The largest absolute Gasteiger partial charge is 0.419 e. The first kappa shape index (κ1) is 20.5. The van der Waals surface area contributed by atoms with Crippen LogP contribution in [0, 0.1) is 5.82 Å². The Morgan fingerprint density at radius 1 is 1.15 bits per heavy atom. The topological polar surface area (TPSA) is 63.0 Å². The molecule has 0 aliphatic carbocycles. The van der Waals surface area contributed by atoms with Crippen molar-refractivity contribution in [2.75, 3.05) is 30.7 Å². The van der Waals surface area contributed by atoms with E-state index in [1.807, 2.05) is 5.32 Å². The number of anilines is 1. The lowest BCUT2D eigenvalue weighted by Crippen LogP contribution is -2.87. The highest BCUT2D eigenvalue weighted by molar-refractivity contribution is 7.99. The Morgan fingerprint density at radius 2 is 1.88 bits per heavy atom. The van der Waals surface area contributed by atoms with Gasteiger partial charge in [0.1, 0.15) is 37.8 Å². The lowest BCUT2D eigenvalue weighted by atomic mass is 10.3. The number of alkyl halides is 3. The molecule has 26 heavy (non-hydrogen) atoms. The average Bonchev–Trinajstić information content (AvgIpc) is 2.60. The van der Waals surface area contributed by atoms with Gasteiger partial charge in [-0.1, -0.05) is 0 Å². The second kappa shape index (κ2) is 9.75. The van der Waals surface area contributed by atoms with Crippen LogP contribution in [-0.2, 0) is 6.18 Å². The van der Waals surface area contributed by atoms with Crippen molar-refractivity contribution in [1.29, 1.82) is 0 Å². The number of benzene rings is 1. The second-order valence-corrected chi connectivity index (χ2v) is 6.74. The molecule has 0 fully saturated rings. The fourth-order valence-corrected chi connectivity index (χ4v) is 2.97. The van der Waals surface area contributed by atoms with Crippen LogP contribution in [0.15, 0.2) is 47.5 Å². The van der Waals surface area contributed by atoms with E-state index in [-0.39, 0.29) is 5.82 Å². The van der Waals surface area contributed by atoms with E-state index in [0.717, 1.165) is 17.2 Å². The Bertz CT molecular complexity index is 665. The van der Waals surface area contributed by atoms with E-state index >= 15 is 0 Å². The van der Waals surface area contributed by atoms with Gasteiger partial charge < -0.3 is 10.4 Å². The number of aliphatic hydroxyl groups excluding tert-OH is 1. The predicted octanol–water partition coefficient (Wildman–Crippen LogP) is 1.79. The van der Waals surface area contributed by atoms with Crippen molar-refractivity contribution in [3.63, 3.8) is 0 Å². The molecule has 0 aliphatic rings. The van der Waals surface area contributed by atoms with Gasteiger partial charge in [-0.05, 0) is 30.3 Å². The van der Waals surface area contributed by atoms with Gasteiger partial charge in [0.05, 0.1) is 5.56 Å². The maximum atomic E-state index is 12.8. The van der Waals surface area contributed by atoms with Crippen LogP contribution in [0.5, 0.6) is 0 Å². The molecular weight excluding hydrogens is 370 g/mol. The molecule has 1 aromatic carbocycles. The summed E-state index contributed by atoms with van der Waals surface area (Å²) in [6, 6.07) is 8.45. The van der Waals surface area contributed by atoms with Gasteiger partial charge >= 0.3 is 6.18 Å². The third-order valence-corrected chi connectivity index (χ3v) is 4.66. The molecule has 2 aromatic rings. The first-order valence-electron chi connectivity index (χ1n) is 8.05. The summed E-state index contributed by atoms with van der Waals surface area (Å²) in [4.78, 5) is 3.45. The zero-order valence-electron chi connectivity index (χ0n) is 13.9. The molecule has 0 bridgehead atoms. The summed E-state index contributed by atoms with van der Waals surface area (Å²) < 4.78 is 50.1. The summed E-state index contributed by atoms with van der Waals surface area (Å²) in [7, 11) is 0. The Labute approximate surface area is 153 Å². The molecule has 0 spiro atoms. The van der Waals surface area contributed by atoms with Gasteiger partial charge in [0.15, 0.2) is 0 Å². The van der Waals surface area contributed by atoms with Gasteiger partial charge in [-0.15, -0.1) is 11.8 Å². The number of pyridine rings is 1. The van der Waals surface area contributed by atoms with Crippen molar-refractivity contribution in [3.8, 4) is 0 Å². The van der Waals surface area contributed by atoms with Crippen LogP contribution < -0.4 is 15.6 Å². The molecule has 0 saturated carbocycles. The molecule has 0 radical (unpaired) electrons. The van der Waals surface area contributed by atoms with Gasteiger partial charge in [0, 0.05) is 16.7 Å². The van der Waals surface area contributed by atoms with Gasteiger partial charge in [-0.3, -0.25) is 5.32 Å². The molecule has 1 heterocycles. The van der Waals surface area contributed by atoms with E-state index in [1.54, 1.807) is 12.1 Å². The fraction of sp³-hybridized carbons (Fsp3) is 0.353. The third kappa shape index (κ3) is 7.19. The second-order valence-electron chi connectivity index (χ2n) is 5.65. The number of rotatable bonds is 9. The van der Waals surface area contributed by atoms with E-state index in [0.29, 0.717) is 31.2 Å². The van der Waals surface area contributed by atoms with E-state index in [4.69, 9.17) is 0 Å². The summed E-state index contributed by atoms with van der Waals surface area (Å²) in [5.41, 5.74) is -0.726. The van der Waals surface area contributed by atoms with E-state index in [9.17, 15) is 22.7 Å². The van der Waals surface area contributed by atoms with Crippen molar-refractivity contribution in [2.45, 2.75) is 17.2 Å². The lowest BCUT2D eigenvalue weighted by molar-refractivity contribution is -0.657. The molecule has 4 nitrogen and oxygen atoms in total.